The Balaban J connectivity index is 1.42. The fourth-order valence-electron chi connectivity index (χ4n) is 8.47. The number of carboxylic acid groups (broad SMARTS) is 1. The lowest BCUT2D eigenvalue weighted by atomic mass is 9.82. The smallest absolute Gasteiger partial charge is 0.346 e. The minimum atomic E-state index is -1.24. The molecule has 1 aromatic heterocycles. The molecule has 1 unspecified atom stereocenters. The van der Waals surface area contributed by atoms with Gasteiger partial charge in [-0.05, 0) is 103 Å². The summed E-state index contributed by atoms with van der Waals surface area (Å²) < 4.78 is 0. The van der Waals surface area contributed by atoms with Gasteiger partial charge < -0.3 is 14.9 Å². The lowest BCUT2D eigenvalue weighted by molar-refractivity contribution is -0.132. The average molecular weight is 758 g/mol. The predicted octanol–water partition coefficient (Wildman–Crippen LogP) is 14.0. The van der Waals surface area contributed by atoms with E-state index in [0.717, 1.165) is 71.7 Å². The van der Waals surface area contributed by atoms with E-state index < -0.39 is 5.97 Å². The fourth-order valence-corrected chi connectivity index (χ4v) is 9.41. The molecule has 6 heteroatoms. The maximum atomic E-state index is 11.8. The van der Waals surface area contributed by atoms with Gasteiger partial charge in [-0.1, -0.05) is 115 Å². The van der Waals surface area contributed by atoms with Crippen LogP contribution in [-0.2, 0) is 4.79 Å². The molecule has 0 aliphatic carbocycles. The predicted molar refractivity (Wildman–Crippen MR) is 237 cm³/mol. The van der Waals surface area contributed by atoms with Gasteiger partial charge in [0, 0.05) is 43.4 Å². The number of carbonyl (C=O) groups is 1. The van der Waals surface area contributed by atoms with Crippen LogP contribution in [0.25, 0.3) is 38.1 Å². The standard InChI is InChI=1S/C51H39N3O2S/c1-31-19-22-43(33(3)25-31)53(44-17-9-13-35-11-5-7-15-40(35)44)47-28-37(49-24-21-39(57-49)27-38(30-52)51(55)56)29-48-50(47)34(4)42-26-32(2)20-23-46(42)54(48)45-18-10-14-36-12-6-8-16-41(36)45/h5-29,34H,1-4H3,(H,55,56)/b38-27-. The molecule has 9 rings (SSSR count). The molecule has 1 aliphatic rings. The number of carboxylic acids is 1. The summed E-state index contributed by atoms with van der Waals surface area (Å²) >= 11 is 1.48. The van der Waals surface area contributed by atoms with Crippen LogP contribution in [0.3, 0.4) is 0 Å². The summed E-state index contributed by atoms with van der Waals surface area (Å²) in [4.78, 5) is 18.4. The third-order valence-electron chi connectivity index (χ3n) is 11.1. The first-order valence-electron chi connectivity index (χ1n) is 19.1. The summed E-state index contributed by atoms with van der Waals surface area (Å²) in [5, 5.41) is 23.8. The Labute approximate surface area is 336 Å². The number of fused-ring (bicyclic) bond motifs is 4. The van der Waals surface area contributed by atoms with Crippen molar-refractivity contribution < 1.29 is 9.90 Å². The lowest BCUT2D eigenvalue weighted by Gasteiger charge is -2.41. The summed E-state index contributed by atoms with van der Waals surface area (Å²) in [5.74, 6) is -1.22. The van der Waals surface area contributed by atoms with Crippen LogP contribution >= 0.6 is 11.3 Å². The van der Waals surface area contributed by atoms with Crippen molar-refractivity contribution in [1.29, 1.82) is 5.26 Å². The van der Waals surface area contributed by atoms with Gasteiger partial charge >= 0.3 is 5.97 Å². The van der Waals surface area contributed by atoms with E-state index in [0.29, 0.717) is 4.88 Å². The monoisotopic (exact) mass is 757 g/mol. The van der Waals surface area contributed by atoms with Crippen molar-refractivity contribution in [2.45, 2.75) is 33.6 Å². The van der Waals surface area contributed by atoms with Crippen LogP contribution in [0.1, 0.15) is 45.5 Å². The Bertz CT molecular complexity index is 2980. The molecule has 0 radical (unpaired) electrons. The number of nitrogens with zero attached hydrogens (tertiary/aromatic N) is 3. The second-order valence-corrected chi connectivity index (χ2v) is 16.0. The van der Waals surface area contributed by atoms with Crippen molar-refractivity contribution in [3.8, 4) is 16.5 Å². The highest BCUT2D eigenvalue weighted by atomic mass is 32.1. The van der Waals surface area contributed by atoms with Gasteiger partial charge in [0.1, 0.15) is 11.6 Å². The molecule has 0 saturated heterocycles. The summed E-state index contributed by atoms with van der Waals surface area (Å²) in [6.07, 6.45) is 1.46. The van der Waals surface area contributed by atoms with E-state index in [2.05, 4.69) is 171 Å². The molecule has 0 bridgehead atoms. The molecular weight excluding hydrogens is 719 g/mol. The highest BCUT2D eigenvalue weighted by Crippen LogP contribution is 2.57. The summed E-state index contributed by atoms with van der Waals surface area (Å²) in [5.41, 5.74) is 13.2. The van der Waals surface area contributed by atoms with Crippen molar-refractivity contribution >= 4 is 79.1 Å². The Kier molecular flexibility index (Phi) is 8.96. The van der Waals surface area contributed by atoms with E-state index in [1.54, 1.807) is 0 Å². The first-order valence-corrected chi connectivity index (χ1v) is 19.9. The van der Waals surface area contributed by atoms with Gasteiger partial charge in [0.05, 0.1) is 22.7 Å². The van der Waals surface area contributed by atoms with Gasteiger partial charge in [0.25, 0.3) is 0 Å². The van der Waals surface area contributed by atoms with E-state index in [9.17, 15) is 15.2 Å². The van der Waals surface area contributed by atoms with Gasteiger partial charge in [-0.3, -0.25) is 0 Å². The first kappa shape index (κ1) is 35.7. The number of rotatable bonds is 7. The largest absolute Gasteiger partial charge is 0.477 e. The molecule has 8 aromatic rings. The minimum absolute atomic E-state index is 0.0176. The molecule has 7 aromatic carbocycles. The molecule has 0 fully saturated rings. The van der Waals surface area contributed by atoms with Crippen LogP contribution in [0.15, 0.2) is 151 Å². The number of benzene rings is 7. The number of nitriles is 1. The van der Waals surface area contributed by atoms with E-state index in [1.165, 1.54) is 39.7 Å². The Morgan fingerprint density at radius 3 is 2.14 bits per heavy atom. The van der Waals surface area contributed by atoms with Gasteiger partial charge in [-0.15, -0.1) is 11.3 Å². The van der Waals surface area contributed by atoms with Gasteiger partial charge in [0.2, 0.25) is 0 Å². The molecule has 276 valence electrons. The van der Waals surface area contributed by atoms with E-state index in [-0.39, 0.29) is 11.5 Å². The van der Waals surface area contributed by atoms with E-state index in [1.807, 2.05) is 18.2 Å². The zero-order chi connectivity index (χ0) is 39.4. The van der Waals surface area contributed by atoms with Crippen molar-refractivity contribution in [3.63, 3.8) is 0 Å². The third-order valence-corrected chi connectivity index (χ3v) is 12.2. The van der Waals surface area contributed by atoms with Crippen LogP contribution < -0.4 is 9.80 Å². The molecule has 0 amide bonds. The van der Waals surface area contributed by atoms with Crippen molar-refractivity contribution in [3.05, 3.63) is 184 Å². The van der Waals surface area contributed by atoms with Crippen LogP contribution in [0.4, 0.5) is 34.1 Å². The SMILES string of the molecule is Cc1ccc(N(c2cc(-c3ccc(/C=C(/C#N)C(=O)O)s3)cc3c2C(C)c2cc(C)ccc2N3c2cccc3ccccc23)c2cccc3ccccc23)c(C)c1. The summed E-state index contributed by atoms with van der Waals surface area (Å²) in [6, 6.07) is 54.0. The molecule has 1 N–H and O–H groups in total. The molecule has 1 aliphatic heterocycles. The van der Waals surface area contributed by atoms with E-state index >= 15 is 0 Å². The number of hydrogen-bond acceptors (Lipinski definition) is 5. The Hall–Kier alpha value is -6.94. The highest BCUT2D eigenvalue weighted by molar-refractivity contribution is 7.16. The van der Waals surface area contributed by atoms with Crippen LogP contribution in [0.5, 0.6) is 0 Å². The molecule has 5 nitrogen and oxygen atoms in total. The number of thiophene rings is 1. The van der Waals surface area contributed by atoms with Crippen molar-refractivity contribution in [1.82, 2.24) is 0 Å². The zero-order valence-corrected chi connectivity index (χ0v) is 32.9. The second-order valence-electron chi connectivity index (χ2n) is 14.8. The minimum Gasteiger partial charge on any atom is -0.477 e. The number of hydrogen-bond donors (Lipinski definition) is 1. The number of aliphatic carboxylic acids is 1. The van der Waals surface area contributed by atoms with Gasteiger partial charge in [-0.25, -0.2) is 4.79 Å². The molecule has 57 heavy (non-hydrogen) atoms. The van der Waals surface area contributed by atoms with Crippen molar-refractivity contribution in [2.75, 3.05) is 9.80 Å². The Morgan fingerprint density at radius 1 is 0.702 bits per heavy atom. The zero-order valence-electron chi connectivity index (χ0n) is 32.1. The van der Waals surface area contributed by atoms with E-state index in [4.69, 9.17) is 0 Å². The normalized spacial score (nSPS) is 13.6. The highest BCUT2D eigenvalue weighted by Gasteiger charge is 2.35. The lowest BCUT2D eigenvalue weighted by Crippen LogP contribution is -2.24. The maximum Gasteiger partial charge on any atom is 0.346 e. The fraction of sp³-hybridized carbons (Fsp3) is 0.0980. The van der Waals surface area contributed by atoms with Crippen LogP contribution in [0.2, 0.25) is 0 Å². The number of anilines is 6. The molecular formula is C51H39N3O2S. The van der Waals surface area contributed by atoms with Crippen LogP contribution in [-0.4, -0.2) is 11.1 Å². The molecule has 0 saturated carbocycles. The molecule has 0 spiro atoms. The van der Waals surface area contributed by atoms with Crippen LogP contribution in [0, 0.1) is 32.1 Å². The first-order chi connectivity index (χ1) is 27.7. The topological polar surface area (TPSA) is 67.6 Å². The second kappa shape index (κ2) is 14.3. The quantitative estimate of drug-likeness (QED) is 0.130. The maximum absolute atomic E-state index is 11.8. The summed E-state index contributed by atoms with van der Waals surface area (Å²) in [6.45, 7) is 8.81. The number of aryl methyl sites for hydroxylation is 3. The van der Waals surface area contributed by atoms with Gasteiger partial charge in [0.15, 0.2) is 0 Å². The average Bonchev–Trinajstić information content (AvgIpc) is 3.69. The molecule has 2 heterocycles. The van der Waals surface area contributed by atoms with Gasteiger partial charge in [-0.2, -0.15) is 5.26 Å². The molecule has 1 atom stereocenters. The Morgan fingerprint density at radius 2 is 1.39 bits per heavy atom. The third kappa shape index (κ3) is 6.23. The summed E-state index contributed by atoms with van der Waals surface area (Å²) in [7, 11) is 0. The van der Waals surface area contributed by atoms with Crippen molar-refractivity contribution in [2.24, 2.45) is 0 Å².